The Morgan fingerprint density at radius 2 is 1.78 bits per heavy atom. The van der Waals surface area contributed by atoms with E-state index in [2.05, 4.69) is 13.8 Å². The summed E-state index contributed by atoms with van der Waals surface area (Å²) in [5, 5.41) is 0. The van der Waals surface area contributed by atoms with Gasteiger partial charge in [-0.05, 0) is 23.6 Å². The molecular weight excluding hydrogens is 226 g/mol. The summed E-state index contributed by atoms with van der Waals surface area (Å²) in [5.41, 5.74) is 2.04. The second-order valence-corrected chi connectivity index (χ2v) is 4.68. The van der Waals surface area contributed by atoms with Gasteiger partial charge in [-0.2, -0.15) is 0 Å². The molecule has 0 aromatic heterocycles. The van der Waals surface area contributed by atoms with Crippen molar-refractivity contribution in [1.29, 1.82) is 0 Å². The van der Waals surface area contributed by atoms with Crippen molar-refractivity contribution in [3.63, 3.8) is 0 Å². The van der Waals surface area contributed by atoms with Crippen LogP contribution in [-0.2, 0) is 4.74 Å². The molecule has 1 saturated heterocycles. The summed E-state index contributed by atoms with van der Waals surface area (Å²) in [4.78, 5) is 14.0. The fourth-order valence-corrected chi connectivity index (χ4v) is 1.96. The lowest BCUT2D eigenvalue weighted by Gasteiger charge is -2.26. The van der Waals surface area contributed by atoms with Gasteiger partial charge >= 0.3 is 0 Å². The molecule has 0 unspecified atom stereocenters. The summed E-state index contributed by atoms with van der Waals surface area (Å²) >= 11 is 0. The highest BCUT2D eigenvalue weighted by Gasteiger charge is 2.18. The van der Waals surface area contributed by atoms with E-state index >= 15 is 0 Å². The summed E-state index contributed by atoms with van der Waals surface area (Å²) in [5.74, 6) is 0.617. The number of rotatable bonds is 2. The molecule has 0 radical (unpaired) electrons. The van der Waals surface area contributed by atoms with Gasteiger partial charge in [-0.3, -0.25) is 4.79 Å². The van der Waals surface area contributed by atoms with Gasteiger partial charge in [0.1, 0.15) is 0 Å². The van der Waals surface area contributed by atoms with Gasteiger partial charge < -0.3 is 9.64 Å². The fraction of sp³-hybridized carbons (Fsp3) is 0.533. The molecule has 0 bridgehead atoms. The van der Waals surface area contributed by atoms with Gasteiger partial charge in [-0.15, -0.1) is 0 Å². The summed E-state index contributed by atoms with van der Waals surface area (Å²) in [6.07, 6.45) is 0. The smallest absolute Gasteiger partial charge is 0.254 e. The molecule has 3 heteroatoms. The van der Waals surface area contributed by atoms with Crippen molar-refractivity contribution < 1.29 is 11.0 Å². The molecule has 0 saturated carbocycles. The van der Waals surface area contributed by atoms with Crippen LogP contribution in [-0.4, -0.2) is 37.1 Å². The molecule has 1 aliphatic rings. The molecule has 0 N–H and O–H groups in total. The number of benzene rings is 1. The first-order valence-electron chi connectivity index (χ1n) is 6.15. The molecule has 0 spiro atoms. The predicted molar refractivity (Wildman–Crippen MR) is 76.1 cm³/mol. The molecule has 2 rings (SSSR count). The maximum absolute atomic E-state index is 12.2. The average molecular weight is 251 g/mol. The van der Waals surface area contributed by atoms with Crippen LogP contribution in [0.3, 0.4) is 0 Å². The van der Waals surface area contributed by atoms with Crippen molar-refractivity contribution >= 4 is 5.91 Å². The minimum Gasteiger partial charge on any atom is -0.378 e. The number of morpholine rings is 1. The third kappa shape index (κ3) is 3.33. The van der Waals surface area contributed by atoms with E-state index in [9.17, 15) is 4.79 Å². The maximum atomic E-state index is 12.2. The molecule has 18 heavy (non-hydrogen) atoms. The number of hydrogen-bond donors (Lipinski definition) is 0. The van der Waals surface area contributed by atoms with Crippen molar-refractivity contribution in [3.05, 3.63) is 35.4 Å². The first-order chi connectivity index (χ1) is 8.18. The van der Waals surface area contributed by atoms with E-state index in [1.54, 1.807) is 0 Å². The highest BCUT2D eigenvalue weighted by atomic mass is 16.5. The van der Waals surface area contributed by atoms with Gasteiger partial charge in [0.2, 0.25) is 0 Å². The minimum absolute atomic E-state index is 0. The summed E-state index contributed by atoms with van der Waals surface area (Å²) < 4.78 is 5.24. The highest BCUT2D eigenvalue weighted by molar-refractivity contribution is 5.94. The lowest BCUT2D eigenvalue weighted by molar-refractivity contribution is 0.0303. The van der Waals surface area contributed by atoms with Gasteiger partial charge in [0.25, 0.3) is 5.91 Å². The Kier molecular flexibility index (Phi) is 5.35. The van der Waals surface area contributed by atoms with Gasteiger partial charge in [-0.25, -0.2) is 0 Å². The lowest BCUT2D eigenvalue weighted by Crippen LogP contribution is -2.40. The third-order valence-corrected chi connectivity index (χ3v) is 3.12. The number of nitrogens with zero attached hydrogens (tertiary/aromatic N) is 1. The predicted octanol–water partition coefficient (Wildman–Crippen LogP) is 3.16. The van der Waals surface area contributed by atoms with Gasteiger partial charge in [0.15, 0.2) is 0 Å². The van der Waals surface area contributed by atoms with Crippen LogP contribution in [0.2, 0.25) is 0 Å². The number of ether oxygens (including phenoxy) is 1. The number of amides is 1. The quantitative estimate of drug-likeness (QED) is 0.808. The van der Waals surface area contributed by atoms with E-state index in [1.165, 1.54) is 5.56 Å². The Labute approximate surface area is 111 Å². The molecular formula is C15H25NO2. The monoisotopic (exact) mass is 251 g/mol. The SMILES string of the molecule is C.CC(C)c1ccc(C(=O)N2CCOCC2)cc1.[HH]. The molecule has 0 atom stereocenters. The number of hydrogen-bond acceptors (Lipinski definition) is 2. The number of carbonyl (C=O) groups is 1. The molecule has 0 aliphatic carbocycles. The highest BCUT2D eigenvalue weighted by Crippen LogP contribution is 2.16. The van der Waals surface area contributed by atoms with Gasteiger partial charge in [-0.1, -0.05) is 33.4 Å². The van der Waals surface area contributed by atoms with E-state index < -0.39 is 0 Å². The van der Waals surface area contributed by atoms with E-state index in [4.69, 9.17) is 4.74 Å². The van der Waals surface area contributed by atoms with Crippen LogP contribution in [0.4, 0.5) is 0 Å². The summed E-state index contributed by atoms with van der Waals surface area (Å²) in [7, 11) is 0. The Morgan fingerprint density at radius 3 is 2.28 bits per heavy atom. The molecule has 1 fully saturated rings. The summed E-state index contributed by atoms with van der Waals surface area (Å²) in [6, 6.07) is 7.93. The van der Waals surface area contributed by atoms with Crippen LogP contribution in [0.1, 0.15) is 44.5 Å². The zero-order chi connectivity index (χ0) is 12.3. The van der Waals surface area contributed by atoms with Crippen molar-refractivity contribution in [3.8, 4) is 0 Å². The van der Waals surface area contributed by atoms with Crippen LogP contribution in [0.15, 0.2) is 24.3 Å². The third-order valence-electron chi connectivity index (χ3n) is 3.12. The number of carbonyl (C=O) groups excluding carboxylic acids is 1. The van der Waals surface area contributed by atoms with Crippen LogP contribution < -0.4 is 0 Å². The van der Waals surface area contributed by atoms with Crippen LogP contribution >= 0.6 is 0 Å². The second-order valence-electron chi connectivity index (χ2n) is 4.68. The van der Waals surface area contributed by atoms with Crippen LogP contribution in [0, 0.1) is 0 Å². The van der Waals surface area contributed by atoms with Crippen molar-refractivity contribution in [1.82, 2.24) is 4.90 Å². The minimum atomic E-state index is 0. The normalized spacial score (nSPS) is 15.4. The van der Waals surface area contributed by atoms with E-state index in [0.29, 0.717) is 32.2 Å². The zero-order valence-corrected chi connectivity index (χ0v) is 10.5. The van der Waals surface area contributed by atoms with E-state index in [-0.39, 0.29) is 14.8 Å². The standard InChI is InChI=1S/C14H19NO2.CH4.H2/c1-11(2)12-3-5-13(6-4-12)14(16)15-7-9-17-10-8-15;;/h3-6,11H,7-10H2,1-2H3;1H4;1H. The Morgan fingerprint density at radius 1 is 1.22 bits per heavy atom. The first-order valence-corrected chi connectivity index (χ1v) is 6.15. The average Bonchev–Trinajstić information content (AvgIpc) is 2.39. The molecule has 1 amide bonds. The molecule has 1 aliphatic heterocycles. The molecule has 1 aromatic rings. The van der Waals surface area contributed by atoms with Crippen LogP contribution in [0.5, 0.6) is 0 Å². The largest absolute Gasteiger partial charge is 0.378 e. The molecule has 1 aromatic carbocycles. The molecule has 3 nitrogen and oxygen atoms in total. The summed E-state index contributed by atoms with van der Waals surface area (Å²) in [6.45, 7) is 7.00. The van der Waals surface area contributed by atoms with Crippen LogP contribution in [0.25, 0.3) is 0 Å². The van der Waals surface area contributed by atoms with E-state index in [1.807, 2.05) is 29.2 Å². The maximum Gasteiger partial charge on any atom is 0.254 e. The Bertz CT molecular complexity index is 384. The zero-order valence-electron chi connectivity index (χ0n) is 10.5. The van der Waals surface area contributed by atoms with Crippen molar-refractivity contribution in [2.24, 2.45) is 0 Å². The topological polar surface area (TPSA) is 29.5 Å². The molecule has 102 valence electrons. The second kappa shape index (κ2) is 6.55. The Hall–Kier alpha value is -1.35. The van der Waals surface area contributed by atoms with Crippen molar-refractivity contribution in [2.75, 3.05) is 26.3 Å². The van der Waals surface area contributed by atoms with Gasteiger partial charge in [0, 0.05) is 20.1 Å². The van der Waals surface area contributed by atoms with Crippen molar-refractivity contribution in [2.45, 2.75) is 27.2 Å². The Balaban J connectivity index is 0.00000162. The molecule has 1 heterocycles. The fourth-order valence-electron chi connectivity index (χ4n) is 1.96. The van der Waals surface area contributed by atoms with Gasteiger partial charge in [0.05, 0.1) is 13.2 Å². The first kappa shape index (κ1) is 14.7. The lowest BCUT2D eigenvalue weighted by atomic mass is 10.0. The van der Waals surface area contributed by atoms with E-state index in [0.717, 1.165) is 5.56 Å².